The van der Waals surface area contributed by atoms with E-state index >= 15 is 0 Å². The Bertz CT molecular complexity index is 421. The third kappa shape index (κ3) is 2.79. The van der Waals surface area contributed by atoms with Crippen molar-refractivity contribution < 1.29 is 13.2 Å². The molecule has 0 spiro atoms. The predicted molar refractivity (Wildman–Crippen MR) is 48.6 cm³/mol. The number of amides is 1. The molecule has 13 heavy (non-hydrogen) atoms. The molecular weight excluding hydrogens is 212 g/mol. The number of hydrogen-bond donors (Lipinski definition) is 2. The molecule has 4 N–H and O–H groups in total. The first-order valence-electron chi connectivity index (χ1n) is 3.29. The monoisotopic (exact) mass is 220 g/mol. The van der Waals surface area contributed by atoms with Crippen LogP contribution in [0.2, 0.25) is 0 Å². The number of carbonyl (C=O) groups excluding carboxylic acids is 1. The Morgan fingerprint density at radius 1 is 1.46 bits per heavy atom. The second kappa shape index (κ2) is 3.44. The third-order valence-electron chi connectivity index (χ3n) is 1.27. The first-order valence-corrected chi connectivity index (χ1v) is 5.65. The van der Waals surface area contributed by atoms with E-state index < -0.39 is 15.9 Å². The maximum atomic E-state index is 10.8. The summed E-state index contributed by atoms with van der Waals surface area (Å²) in [5, 5.41) is 4.87. The van der Waals surface area contributed by atoms with Crippen molar-refractivity contribution >= 4 is 27.3 Å². The molecule has 0 aliphatic rings. The second-order valence-corrected chi connectivity index (χ2v) is 5.37. The largest absolute Gasteiger partial charge is 0.369 e. The lowest BCUT2D eigenvalue weighted by Crippen LogP contribution is -2.12. The molecule has 0 saturated carbocycles. The Hall–Kier alpha value is -0.920. The molecule has 1 heterocycles. The summed E-state index contributed by atoms with van der Waals surface area (Å²) in [6, 6.07) is 2.88. The molecule has 0 aliphatic heterocycles. The highest BCUT2D eigenvalue weighted by Gasteiger charge is 2.11. The van der Waals surface area contributed by atoms with Gasteiger partial charge in [-0.15, -0.1) is 11.3 Å². The van der Waals surface area contributed by atoms with Crippen molar-refractivity contribution in [3.05, 3.63) is 17.0 Å². The summed E-state index contributed by atoms with van der Waals surface area (Å²) in [6.45, 7) is 0. The van der Waals surface area contributed by atoms with E-state index in [4.69, 9.17) is 10.9 Å². The molecule has 1 aromatic rings. The fraction of sp³-hybridized carbons (Fsp3) is 0.167. The molecule has 0 aromatic carbocycles. The molecule has 1 amide bonds. The normalized spacial score (nSPS) is 11.5. The zero-order valence-electron chi connectivity index (χ0n) is 6.56. The van der Waals surface area contributed by atoms with Crippen molar-refractivity contribution in [1.29, 1.82) is 0 Å². The summed E-state index contributed by atoms with van der Waals surface area (Å²) < 4.78 is 21.7. The number of primary amides is 1. The Labute approximate surface area is 79.4 Å². The van der Waals surface area contributed by atoms with Gasteiger partial charge in [-0.2, -0.15) is 0 Å². The molecule has 0 unspecified atom stereocenters. The van der Waals surface area contributed by atoms with Crippen LogP contribution < -0.4 is 10.9 Å². The number of primary sulfonamides is 1. The van der Waals surface area contributed by atoms with Gasteiger partial charge in [0.25, 0.3) is 0 Å². The van der Waals surface area contributed by atoms with Crippen LogP contribution in [-0.2, 0) is 21.2 Å². The number of thiophene rings is 1. The Morgan fingerprint density at radius 2 is 2.08 bits per heavy atom. The van der Waals surface area contributed by atoms with Gasteiger partial charge >= 0.3 is 0 Å². The molecule has 0 saturated heterocycles. The molecule has 5 nitrogen and oxygen atoms in total. The molecule has 0 radical (unpaired) electrons. The minimum atomic E-state index is -3.65. The molecule has 0 fully saturated rings. The van der Waals surface area contributed by atoms with E-state index in [-0.39, 0.29) is 10.6 Å². The van der Waals surface area contributed by atoms with Crippen molar-refractivity contribution in [2.75, 3.05) is 0 Å². The van der Waals surface area contributed by atoms with Crippen LogP contribution in [0.5, 0.6) is 0 Å². The van der Waals surface area contributed by atoms with Gasteiger partial charge in [0.15, 0.2) is 0 Å². The number of rotatable bonds is 3. The SMILES string of the molecule is NC(=O)Cc1ccc(S(N)(=O)=O)s1. The summed E-state index contributed by atoms with van der Waals surface area (Å²) in [6.07, 6.45) is 0.0419. The fourth-order valence-electron chi connectivity index (χ4n) is 0.778. The van der Waals surface area contributed by atoms with E-state index in [9.17, 15) is 13.2 Å². The van der Waals surface area contributed by atoms with Gasteiger partial charge in [0.05, 0.1) is 6.42 Å². The van der Waals surface area contributed by atoms with E-state index in [0.29, 0.717) is 4.88 Å². The summed E-state index contributed by atoms with van der Waals surface area (Å²) >= 11 is 0.954. The number of carbonyl (C=O) groups is 1. The highest BCUT2D eigenvalue weighted by Crippen LogP contribution is 2.20. The maximum absolute atomic E-state index is 10.8. The predicted octanol–water partition coefficient (Wildman–Crippen LogP) is -0.577. The average molecular weight is 220 g/mol. The minimum absolute atomic E-state index is 0.0419. The van der Waals surface area contributed by atoms with Crippen LogP contribution in [0.1, 0.15) is 4.88 Å². The van der Waals surface area contributed by atoms with Crippen LogP contribution in [0.15, 0.2) is 16.3 Å². The third-order valence-corrected chi connectivity index (χ3v) is 3.79. The van der Waals surface area contributed by atoms with Gasteiger partial charge in [-0.25, -0.2) is 13.6 Å². The molecule has 72 valence electrons. The topological polar surface area (TPSA) is 103 Å². The van der Waals surface area contributed by atoms with Crippen LogP contribution in [0.3, 0.4) is 0 Å². The van der Waals surface area contributed by atoms with E-state index in [2.05, 4.69) is 0 Å². The molecule has 1 aromatic heterocycles. The lowest BCUT2D eigenvalue weighted by atomic mass is 10.3. The molecule has 1 rings (SSSR count). The van der Waals surface area contributed by atoms with E-state index in [1.54, 1.807) is 0 Å². The first-order chi connectivity index (χ1) is 5.89. The van der Waals surface area contributed by atoms with Crippen LogP contribution in [0, 0.1) is 0 Å². The fourth-order valence-corrected chi connectivity index (χ4v) is 2.57. The number of sulfonamides is 1. The summed E-state index contributed by atoms with van der Waals surface area (Å²) in [5.41, 5.74) is 4.93. The standard InChI is InChI=1S/C6H8N2O3S2/c7-5(9)3-4-1-2-6(12-4)13(8,10)11/h1-2H,3H2,(H2,7,9)(H2,8,10,11). The lowest BCUT2D eigenvalue weighted by Gasteiger charge is -1.90. The second-order valence-electron chi connectivity index (χ2n) is 2.41. The first kappa shape index (κ1) is 10.2. The van der Waals surface area contributed by atoms with Crippen LogP contribution >= 0.6 is 11.3 Å². The van der Waals surface area contributed by atoms with Gasteiger partial charge in [0, 0.05) is 4.88 Å². The highest BCUT2D eigenvalue weighted by atomic mass is 32.2. The summed E-state index contributed by atoms with van der Waals surface area (Å²) in [4.78, 5) is 11.1. The smallest absolute Gasteiger partial charge is 0.247 e. The lowest BCUT2D eigenvalue weighted by molar-refractivity contribution is -0.117. The zero-order chi connectivity index (χ0) is 10.1. The van der Waals surface area contributed by atoms with Gasteiger partial charge in [0.2, 0.25) is 15.9 Å². The van der Waals surface area contributed by atoms with Gasteiger partial charge in [-0.1, -0.05) is 0 Å². The van der Waals surface area contributed by atoms with Gasteiger partial charge in [-0.3, -0.25) is 4.79 Å². The molecule has 7 heteroatoms. The Kier molecular flexibility index (Phi) is 2.69. The van der Waals surface area contributed by atoms with E-state index in [0.717, 1.165) is 11.3 Å². The van der Waals surface area contributed by atoms with Crippen LogP contribution in [0.25, 0.3) is 0 Å². The highest BCUT2D eigenvalue weighted by molar-refractivity contribution is 7.91. The molecule has 0 aliphatic carbocycles. The summed E-state index contributed by atoms with van der Waals surface area (Å²) in [5.74, 6) is -0.497. The van der Waals surface area contributed by atoms with E-state index in [1.807, 2.05) is 0 Å². The van der Waals surface area contributed by atoms with Crippen molar-refractivity contribution in [2.24, 2.45) is 10.9 Å². The number of nitrogens with two attached hydrogens (primary N) is 2. The van der Waals surface area contributed by atoms with Crippen molar-refractivity contribution in [2.45, 2.75) is 10.6 Å². The number of hydrogen-bond acceptors (Lipinski definition) is 4. The zero-order valence-corrected chi connectivity index (χ0v) is 8.19. The Balaban J connectivity index is 2.94. The molecule has 0 atom stereocenters. The van der Waals surface area contributed by atoms with Gasteiger partial charge in [-0.05, 0) is 12.1 Å². The average Bonchev–Trinajstić information content (AvgIpc) is 2.32. The summed E-state index contributed by atoms with van der Waals surface area (Å²) in [7, 11) is -3.65. The maximum Gasteiger partial charge on any atom is 0.247 e. The van der Waals surface area contributed by atoms with Crippen LogP contribution in [0.4, 0.5) is 0 Å². The van der Waals surface area contributed by atoms with Gasteiger partial charge < -0.3 is 5.73 Å². The van der Waals surface area contributed by atoms with Crippen molar-refractivity contribution in [3.63, 3.8) is 0 Å². The van der Waals surface area contributed by atoms with E-state index in [1.165, 1.54) is 12.1 Å². The van der Waals surface area contributed by atoms with Gasteiger partial charge in [0.1, 0.15) is 4.21 Å². The Morgan fingerprint density at radius 3 is 2.46 bits per heavy atom. The molecular formula is C6H8N2O3S2. The van der Waals surface area contributed by atoms with Crippen molar-refractivity contribution in [1.82, 2.24) is 0 Å². The molecule has 0 bridgehead atoms. The minimum Gasteiger partial charge on any atom is -0.369 e. The quantitative estimate of drug-likeness (QED) is 0.712. The van der Waals surface area contributed by atoms with Crippen LogP contribution in [-0.4, -0.2) is 14.3 Å². The van der Waals surface area contributed by atoms with Crippen molar-refractivity contribution in [3.8, 4) is 0 Å².